The van der Waals surface area contributed by atoms with E-state index in [9.17, 15) is 4.79 Å². The second kappa shape index (κ2) is 5.17. The van der Waals surface area contributed by atoms with Crippen molar-refractivity contribution in [3.63, 3.8) is 0 Å². The smallest absolute Gasteiger partial charge is 0.231 e. The van der Waals surface area contributed by atoms with E-state index < -0.39 is 0 Å². The molecule has 4 heteroatoms. The summed E-state index contributed by atoms with van der Waals surface area (Å²) in [6.07, 6.45) is 7.13. The van der Waals surface area contributed by atoms with Gasteiger partial charge in [-0.1, -0.05) is 19.9 Å². The number of hydrogen-bond acceptors (Lipinski definition) is 3. The van der Waals surface area contributed by atoms with Crippen LogP contribution in [0.2, 0.25) is 0 Å². The Kier molecular flexibility index (Phi) is 3.28. The van der Waals surface area contributed by atoms with Crippen molar-refractivity contribution < 1.29 is 14.3 Å². The van der Waals surface area contributed by atoms with Gasteiger partial charge in [-0.3, -0.25) is 4.79 Å². The maximum absolute atomic E-state index is 13.4. The Balaban J connectivity index is 1.37. The molecule has 0 saturated heterocycles. The molecule has 4 fully saturated rings. The zero-order chi connectivity index (χ0) is 18.2. The fourth-order valence-electron chi connectivity index (χ4n) is 7.32. The molecule has 4 bridgehead atoms. The SMILES string of the molecule is C[C@@H](NC(=O)C12CC3C[C@@](C)(C1)C[C@](C)(C3)C2)c1ccc2c(c1)OCO2. The number of rotatable bonds is 3. The van der Waals surface area contributed by atoms with Gasteiger partial charge in [0.15, 0.2) is 11.5 Å². The minimum Gasteiger partial charge on any atom is -0.454 e. The van der Waals surface area contributed by atoms with Gasteiger partial charge in [0.1, 0.15) is 0 Å². The largest absolute Gasteiger partial charge is 0.454 e. The molecule has 1 amide bonds. The molecular weight excluding hydrogens is 326 g/mol. The molecule has 140 valence electrons. The normalized spacial score (nSPS) is 40.5. The summed E-state index contributed by atoms with van der Waals surface area (Å²) in [7, 11) is 0. The van der Waals surface area contributed by atoms with Crippen molar-refractivity contribution in [2.24, 2.45) is 22.2 Å². The lowest BCUT2D eigenvalue weighted by Crippen LogP contribution is -2.60. The molecule has 1 aromatic carbocycles. The van der Waals surface area contributed by atoms with Gasteiger partial charge in [0.25, 0.3) is 0 Å². The van der Waals surface area contributed by atoms with E-state index in [1.165, 1.54) is 19.3 Å². The van der Waals surface area contributed by atoms with Crippen molar-refractivity contribution in [2.45, 2.75) is 65.3 Å². The van der Waals surface area contributed by atoms with E-state index in [1.54, 1.807) is 0 Å². The Morgan fingerprint density at radius 1 is 1.08 bits per heavy atom. The number of benzene rings is 1. The highest BCUT2D eigenvalue weighted by atomic mass is 16.7. The van der Waals surface area contributed by atoms with Crippen LogP contribution in [0.15, 0.2) is 18.2 Å². The van der Waals surface area contributed by atoms with Crippen molar-refractivity contribution in [2.75, 3.05) is 6.79 Å². The lowest BCUT2D eigenvalue weighted by atomic mass is 9.40. The van der Waals surface area contributed by atoms with Gasteiger partial charge < -0.3 is 14.8 Å². The van der Waals surface area contributed by atoms with Crippen LogP contribution < -0.4 is 14.8 Å². The molecule has 4 nitrogen and oxygen atoms in total. The molecule has 26 heavy (non-hydrogen) atoms. The average molecular weight is 355 g/mol. The van der Waals surface area contributed by atoms with Gasteiger partial charge in [-0.15, -0.1) is 0 Å². The van der Waals surface area contributed by atoms with Crippen LogP contribution in [-0.4, -0.2) is 12.7 Å². The van der Waals surface area contributed by atoms with Crippen LogP contribution in [0.1, 0.15) is 70.9 Å². The van der Waals surface area contributed by atoms with Gasteiger partial charge in [0.05, 0.1) is 11.5 Å². The molecule has 2 unspecified atom stereocenters. The third-order valence-electron chi connectivity index (χ3n) is 7.35. The summed E-state index contributed by atoms with van der Waals surface area (Å²) >= 11 is 0. The van der Waals surface area contributed by atoms with Crippen LogP contribution >= 0.6 is 0 Å². The van der Waals surface area contributed by atoms with Crippen molar-refractivity contribution in [1.82, 2.24) is 5.32 Å². The number of nitrogens with one attached hydrogen (secondary N) is 1. The van der Waals surface area contributed by atoms with Gasteiger partial charge in [0.2, 0.25) is 12.7 Å². The monoisotopic (exact) mass is 355 g/mol. The Morgan fingerprint density at radius 3 is 2.46 bits per heavy atom. The summed E-state index contributed by atoms with van der Waals surface area (Å²) in [5.41, 5.74) is 1.62. The van der Waals surface area contributed by atoms with E-state index in [4.69, 9.17) is 9.47 Å². The molecule has 5 aliphatic rings. The maximum atomic E-state index is 13.4. The number of hydrogen-bond donors (Lipinski definition) is 1. The quantitative estimate of drug-likeness (QED) is 0.863. The third-order valence-corrected chi connectivity index (χ3v) is 7.35. The summed E-state index contributed by atoms with van der Waals surface area (Å²) < 4.78 is 10.9. The topological polar surface area (TPSA) is 47.6 Å². The van der Waals surface area contributed by atoms with Gasteiger partial charge in [-0.25, -0.2) is 0 Å². The van der Waals surface area contributed by atoms with Crippen LogP contribution in [-0.2, 0) is 4.79 Å². The summed E-state index contributed by atoms with van der Waals surface area (Å²) in [5.74, 6) is 2.56. The highest BCUT2D eigenvalue weighted by Gasteiger charge is 2.62. The number of carbonyl (C=O) groups excluding carboxylic acids is 1. The first-order chi connectivity index (χ1) is 12.3. The van der Waals surface area contributed by atoms with E-state index >= 15 is 0 Å². The Hall–Kier alpha value is -1.71. The van der Waals surface area contributed by atoms with Crippen LogP contribution in [0.4, 0.5) is 0 Å². The Labute approximate surface area is 155 Å². The maximum Gasteiger partial charge on any atom is 0.231 e. The van der Waals surface area contributed by atoms with Gasteiger partial charge in [-0.05, 0) is 79.9 Å². The van der Waals surface area contributed by atoms with Crippen molar-refractivity contribution in [1.29, 1.82) is 0 Å². The standard InChI is InChI=1S/C22H29NO3/c1-14(16-4-5-17-18(6-16)26-13-25-17)23-19(24)22-9-15-7-20(2,11-22)10-21(3,8-15)12-22/h4-6,14-15H,7-13H2,1-3H3,(H,23,24)/t14-,15?,20-,21+,22?/m1/s1. The van der Waals surface area contributed by atoms with E-state index in [1.807, 2.05) is 18.2 Å². The van der Waals surface area contributed by atoms with E-state index in [0.717, 1.165) is 42.2 Å². The van der Waals surface area contributed by atoms with E-state index in [0.29, 0.717) is 10.8 Å². The molecular formula is C22H29NO3. The molecule has 4 saturated carbocycles. The van der Waals surface area contributed by atoms with Gasteiger partial charge in [-0.2, -0.15) is 0 Å². The van der Waals surface area contributed by atoms with Crippen molar-refractivity contribution in [3.05, 3.63) is 23.8 Å². The van der Waals surface area contributed by atoms with E-state index in [-0.39, 0.29) is 24.2 Å². The number of fused-ring (bicyclic) bond motifs is 1. The second-order valence-corrected chi connectivity index (χ2v) is 10.2. The van der Waals surface area contributed by atoms with E-state index in [2.05, 4.69) is 26.1 Å². The van der Waals surface area contributed by atoms with Crippen LogP contribution in [0.25, 0.3) is 0 Å². The zero-order valence-electron chi connectivity index (χ0n) is 16.1. The van der Waals surface area contributed by atoms with Crippen molar-refractivity contribution >= 4 is 5.91 Å². The fourth-order valence-corrected chi connectivity index (χ4v) is 7.32. The molecule has 0 aromatic heterocycles. The predicted octanol–water partition coefficient (Wildman–Crippen LogP) is 4.59. The molecule has 1 N–H and O–H groups in total. The molecule has 0 radical (unpaired) electrons. The zero-order valence-corrected chi connectivity index (χ0v) is 16.1. The summed E-state index contributed by atoms with van der Waals surface area (Å²) in [4.78, 5) is 13.4. The molecule has 5 atom stereocenters. The summed E-state index contributed by atoms with van der Waals surface area (Å²) in [6.45, 7) is 7.18. The van der Waals surface area contributed by atoms with Crippen LogP contribution in [0.5, 0.6) is 11.5 Å². The second-order valence-electron chi connectivity index (χ2n) is 10.2. The first kappa shape index (κ1) is 16.5. The molecule has 0 spiro atoms. The lowest BCUT2D eigenvalue weighted by Gasteiger charge is -2.64. The minimum atomic E-state index is -0.159. The molecule has 6 rings (SSSR count). The van der Waals surface area contributed by atoms with Gasteiger partial charge in [0, 0.05) is 0 Å². The Bertz CT molecular complexity index is 755. The highest BCUT2D eigenvalue weighted by Crippen LogP contribution is 2.69. The number of amides is 1. The highest BCUT2D eigenvalue weighted by molar-refractivity contribution is 5.83. The first-order valence-electron chi connectivity index (χ1n) is 9.99. The van der Waals surface area contributed by atoms with Gasteiger partial charge >= 0.3 is 0 Å². The predicted molar refractivity (Wildman–Crippen MR) is 99.0 cm³/mol. The molecule has 1 aromatic rings. The molecule has 4 aliphatic carbocycles. The fraction of sp³-hybridized carbons (Fsp3) is 0.682. The molecule has 1 aliphatic heterocycles. The lowest BCUT2D eigenvalue weighted by molar-refractivity contribution is -0.170. The number of ether oxygens (including phenoxy) is 2. The summed E-state index contributed by atoms with van der Waals surface area (Å²) in [5, 5.41) is 3.34. The van der Waals surface area contributed by atoms with Crippen LogP contribution in [0.3, 0.4) is 0 Å². The minimum absolute atomic E-state index is 0.0226. The first-order valence-corrected chi connectivity index (χ1v) is 9.99. The summed E-state index contributed by atoms with van der Waals surface area (Å²) in [6, 6.07) is 5.94. The third kappa shape index (κ3) is 2.44. The number of carbonyl (C=O) groups is 1. The Morgan fingerprint density at radius 2 is 1.77 bits per heavy atom. The average Bonchev–Trinajstić information content (AvgIpc) is 2.98. The van der Waals surface area contributed by atoms with Crippen LogP contribution in [0, 0.1) is 22.2 Å². The van der Waals surface area contributed by atoms with Crippen molar-refractivity contribution in [3.8, 4) is 11.5 Å². The molecule has 1 heterocycles.